The lowest BCUT2D eigenvalue weighted by atomic mass is 9.85. The van der Waals surface area contributed by atoms with Crippen LogP contribution in [0, 0.1) is 24.7 Å². The molecular formula is C30H48O3. The Balaban J connectivity index is 1.72. The van der Waals surface area contributed by atoms with E-state index in [4.69, 9.17) is 9.47 Å². The van der Waals surface area contributed by atoms with Crippen molar-refractivity contribution in [2.24, 2.45) is 17.8 Å². The number of hydrogen-bond acceptors (Lipinski definition) is 3. The molecule has 0 saturated carbocycles. The Labute approximate surface area is 203 Å². The number of fused-ring (bicyclic) bond motifs is 1. The van der Waals surface area contributed by atoms with Gasteiger partial charge in [0, 0.05) is 6.92 Å². The van der Waals surface area contributed by atoms with Crippen LogP contribution in [0.2, 0.25) is 0 Å². The van der Waals surface area contributed by atoms with Gasteiger partial charge in [0.2, 0.25) is 0 Å². The summed E-state index contributed by atoms with van der Waals surface area (Å²) in [4.78, 5) is 11.3. The van der Waals surface area contributed by atoms with E-state index in [-0.39, 0.29) is 11.6 Å². The number of ether oxygens (including phenoxy) is 2. The van der Waals surface area contributed by atoms with Crippen LogP contribution in [-0.2, 0) is 11.2 Å². The molecule has 0 aromatic heterocycles. The van der Waals surface area contributed by atoms with E-state index < -0.39 is 0 Å². The first-order chi connectivity index (χ1) is 15.5. The molecular weight excluding hydrogens is 408 g/mol. The van der Waals surface area contributed by atoms with Crippen LogP contribution in [0.3, 0.4) is 0 Å². The van der Waals surface area contributed by atoms with Crippen molar-refractivity contribution in [2.75, 3.05) is 0 Å². The number of carbonyl (C=O) groups is 1. The van der Waals surface area contributed by atoms with Gasteiger partial charge in [0.05, 0.1) is 0 Å². The Bertz CT molecular complexity index is 796. The quantitative estimate of drug-likeness (QED) is 0.169. The predicted octanol–water partition coefficient (Wildman–Crippen LogP) is 8.61. The van der Waals surface area contributed by atoms with Crippen molar-refractivity contribution >= 4 is 5.97 Å². The van der Waals surface area contributed by atoms with Crippen molar-refractivity contribution in [1.29, 1.82) is 0 Å². The van der Waals surface area contributed by atoms with E-state index in [0.717, 1.165) is 48.0 Å². The van der Waals surface area contributed by atoms with Crippen molar-refractivity contribution in [3.05, 3.63) is 35.4 Å². The summed E-state index contributed by atoms with van der Waals surface area (Å²) in [6.45, 7) is 19.1. The molecule has 3 heteroatoms. The first-order valence-electron chi connectivity index (χ1n) is 13.2. The van der Waals surface area contributed by atoms with Gasteiger partial charge >= 0.3 is 5.97 Å². The molecule has 2 rings (SSSR count). The number of hydrogen-bond donors (Lipinski definition) is 0. The van der Waals surface area contributed by atoms with E-state index in [1.807, 2.05) is 19.1 Å². The zero-order chi connectivity index (χ0) is 24.6. The van der Waals surface area contributed by atoms with Gasteiger partial charge in [-0.1, -0.05) is 65.0 Å². The van der Waals surface area contributed by atoms with E-state index >= 15 is 0 Å². The van der Waals surface area contributed by atoms with Crippen LogP contribution < -0.4 is 9.47 Å². The van der Waals surface area contributed by atoms with Crippen molar-refractivity contribution in [3.8, 4) is 11.5 Å². The molecule has 4 atom stereocenters. The molecule has 0 aliphatic carbocycles. The highest BCUT2D eigenvalue weighted by atomic mass is 16.5. The minimum atomic E-state index is -0.281. The molecule has 1 aromatic carbocycles. The number of allylic oxidation sites excluding steroid dienone is 1. The Morgan fingerprint density at radius 1 is 1.06 bits per heavy atom. The summed E-state index contributed by atoms with van der Waals surface area (Å²) in [6.07, 6.45) is 12.2. The molecule has 0 amide bonds. The number of aryl methyl sites for hydroxylation is 2. The topological polar surface area (TPSA) is 35.5 Å². The number of esters is 1. The molecule has 33 heavy (non-hydrogen) atoms. The zero-order valence-corrected chi connectivity index (χ0v) is 22.4. The predicted molar refractivity (Wildman–Crippen MR) is 139 cm³/mol. The van der Waals surface area contributed by atoms with Crippen molar-refractivity contribution in [2.45, 2.75) is 118 Å². The third-order valence-electron chi connectivity index (χ3n) is 7.59. The third kappa shape index (κ3) is 9.18. The average molecular weight is 457 g/mol. The standard InChI is InChI=1S/C30H48O3/c1-21(2)24(5)15-14-23(4)12-9-11-22(3)13-10-17-30(8)18-16-27-20-28(32-26(7)31)19-25(6)29(27)33-30/h19-20,22-24H,1,9-18H2,2-8H3. The van der Waals surface area contributed by atoms with E-state index in [0.29, 0.717) is 11.7 Å². The Morgan fingerprint density at radius 2 is 1.70 bits per heavy atom. The maximum atomic E-state index is 11.3. The van der Waals surface area contributed by atoms with Gasteiger partial charge in [-0.25, -0.2) is 0 Å². The van der Waals surface area contributed by atoms with Gasteiger partial charge in [0.15, 0.2) is 0 Å². The molecule has 3 nitrogen and oxygen atoms in total. The van der Waals surface area contributed by atoms with Crippen molar-refractivity contribution in [1.82, 2.24) is 0 Å². The van der Waals surface area contributed by atoms with Gasteiger partial charge in [-0.2, -0.15) is 0 Å². The molecule has 0 bridgehead atoms. The third-order valence-corrected chi connectivity index (χ3v) is 7.59. The molecule has 1 aliphatic heterocycles. The fourth-order valence-corrected chi connectivity index (χ4v) is 4.95. The van der Waals surface area contributed by atoms with Gasteiger partial charge in [-0.05, 0) is 93.9 Å². The fraction of sp³-hybridized carbons (Fsp3) is 0.700. The maximum Gasteiger partial charge on any atom is 0.308 e. The van der Waals surface area contributed by atoms with Crippen LogP contribution in [0.4, 0.5) is 0 Å². The largest absolute Gasteiger partial charge is 0.487 e. The minimum Gasteiger partial charge on any atom is -0.487 e. The van der Waals surface area contributed by atoms with Crippen molar-refractivity contribution in [3.63, 3.8) is 0 Å². The van der Waals surface area contributed by atoms with Crippen LogP contribution >= 0.6 is 0 Å². The average Bonchev–Trinajstić information content (AvgIpc) is 2.72. The van der Waals surface area contributed by atoms with Gasteiger partial charge in [-0.3, -0.25) is 4.79 Å². The molecule has 0 spiro atoms. The van der Waals surface area contributed by atoms with E-state index in [9.17, 15) is 4.79 Å². The second kappa shape index (κ2) is 12.6. The van der Waals surface area contributed by atoms with E-state index in [1.165, 1.54) is 57.4 Å². The monoisotopic (exact) mass is 456 g/mol. The second-order valence-electron chi connectivity index (χ2n) is 11.2. The molecule has 1 aliphatic rings. The van der Waals surface area contributed by atoms with Crippen LogP contribution in [0.25, 0.3) is 0 Å². The molecule has 0 N–H and O–H groups in total. The van der Waals surface area contributed by atoms with Crippen LogP contribution in [0.15, 0.2) is 24.3 Å². The molecule has 1 aromatic rings. The molecule has 0 fully saturated rings. The van der Waals surface area contributed by atoms with Gasteiger partial charge < -0.3 is 9.47 Å². The zero-order valence-electron chi connectivity index (χ0n) is 22.4. The fourth-order valence-electron chi connectivity index (χ4n) is 4.95. The Kier molecular flexibility index (Phi) is 10.5. The Morgan fingerprint density at radius 3 is 2.33 bits per heavy atom. The normalized spacial score (nSPS) is 20.3. The lowest BCUT2D eigenvalue weighted by Gasteiger charge is -2.37. The molecule has 4 unspecified atom stereocenters. The summed E-state index contributed by atoms with van der Waals surface area (Å²) < 4.78 is 11.8. The van der Waals surface area contributed by atoms with Gasteiger partial charge in [0.1, 0.15) is 17.1 Å². The highest BCUT2D eigenvalue weighted by molar-refractivity contribution is 5.69. The van der Waals surface area contributed by atoms with Crippen LogP contribution in [0.5, 0.6) is 11.5 Å². The minimum absolute atomic E-state index is 0.102. The van der Waals surface area contributed by atoms with Crippen molar-refractivity contribution < 1.29 is 14.3 Å². The summed E-state index contributed by atoms with van der Waals surface area (Å²) in [7, 11) is 0. The lowest BCUT2D eigenvalue weighted by molar-refractivity contribution is -0.131. The summed E-state index contributed by atoms with van der Waals surface area (Å²) in [5, 5.41) is 0. The highest BCUT2D eigenvalue weighted by Gasteiger charge is 2.32. The molecule has 186 valence electrons. The summed E-state index contributed by atoms with van der Waals surface area (Å²) in [5.41, 5.74) is 3.42. The van der Waals surface area contributed by atoms with Gasteiger partial charge in [-0.15, -0.1) is 0 Å². The SMILES string of the molecule is C=C(C)C(C)CCC(C)CCCC(C)CCCC1(C)CCc2cc(OC(C)=O)cc(C)c2O1. The summed E-state index contributed by atoms with van der Waals surface area (Å²) >= 11 is 0. The van der Waals surface area contributed by atoms with E-state index in [2.05, 4.69) is 41.2 Å². The first-order valence-corrected chi connectivity index (χ1v) is 13.2. The number of carbonyl (C=O) groups excluding carboxylic acids is 1. The first kappa shape index (κ1) is 27.5. The lowest BCUT2D eigenvalue weighted by Crippen LogP contribution is -2.36. The summed E-state index contributed by atoms with van der Waals surface area (Å²) in [5.74, 6) is 3.58. The number of rotatable bonds is 13. The van der Waals surface area contributed by atoms with E-state index in [1.54, 1.807) is 0 Å². The Hall–Kier alpha value is -1.77. The smallest absolute Gasteiger partial charge is 0.308 e. The van der Waals surface area contributed by atoms with Crippen LogP contribution in [-0.4, -0.2) is 11.6 Å². The molecule has 1 heterocycles. The van der Waals surface area contributed by atoms with Crippen LogP contribution in [0.1, 0.15) is 110 Å². The second-order valence-corrected chi connectivity index (χ2v) is 11.2. The molecule has 0 saturated heterocycles. The molecule has 0 radical (unpaired) electrons. The number of benzene rings is 1. The summed E-state index contributed by atoms with van der Waals surface area (Å²) in [6, 6.07) is 3.87. The maximum absolute atomic E-state index is 11.3. The van der Waals surface area contributed by atoms with Gasteiger partial charge in [0.25, 0.3) is 0 Å². The highest BCUT2D eigenvalue weighted by Crippen LogP contribution is 2.40.